The first kappa shape index (κ1) is 14.3. The number of methoxy groups -OCH3 is 1. The Labute approximate surface area is 139 Å². The van der Waals surface area contributed by atoms with Gasteiger partial charge in [0.25, 0.3) is 5.91 Å². The van der Waals surface area contributed by atoms with Gasteiger partial charge in [0.2, 0.25) is 0 Å². The van der Waals surface area contributed by atoms with Crippen LogP contribution in [0.15, 0.2) is 60.8 Å². The first-order chi connectivity index (χ1) is 11.8. The van der Waals surface area contributed by atoms with Crippen molar-refractivity contribution >= 4 is 23.2 Å². The lowest BCUT2D eigenvalue weighted by Crippen LogP contribution is -2.03. The zero-order valence-corrected chi connectivity index (χ0v) is 13.2. The quantitative estimate of drug-likeness (QED) is 0.712. The number of benzene rings is 2. The lowest BCUT2D eigenvalue weighted by Gasteiger charge is -2.08. The van der Waals surface area contributed by atoms with Crippen LogP contribution in [0.5, 0.6) is 5.75 Å². The fourth-order valence-electron chi connectivity index (χ4n) is 3.05. The number of carbonyl (C=O) groups is 1. The third-order valence-electron chi connectivity index (χ3n) is 4.16. The van der Waals surface area contributed by atoms with E-state index in [9.17, 15) is 4.79 Å². The summed E-state index contributed by atoms with van der Waals surface area (Å²) in [7, 11) is 1.61. The molecule has 118 valence electrons. The predicted octanol–water partition coefficient (Wildman–Crippen LogP) is 4.18. The van der Waals surface area contributed by atoms with Crippen LogP contribution in [0.4, 0.5) is 5.69 Å². The highest BCUT2D eigenvalue weighted by molar-refractivity contribution is 6.36. The maximum atomic E-state index is 12.5. The highest BCUT2D eigenvalue weighted by Crippen LogP contribution is 2.40. The van der Waals surface area contributed by atoms with E-state index in [1.54, 1.807) is 13.3 Å². The molecule has 1 amide bonds. The molecule has 4 rings (SSSR count). The summed E-state index contributed by atoms with van der Waals surface area (Å²) >= 11 is 0. The van der Waals surface area contributed by atoms with Gasteiger partial charge in [-0.3, -0.25) is 4.79 Å². The molecule has 1 aliphatic rings. The summed E-state index contributed by atoms with van der Waals surface area (Å²) in [5.41, 5.74) is 5.27. The molecule has 0 radical (unpaired) electrons. The van der Waals surface area contributed by atoms with Crippen molar-refractivity contribution in [3.05, 3.63) is 72.1 Å². The number of aromatic nitrogens is 1. The molecule has 0 bridgehead atoms. The molecule has 4 heteroatoms. The van der Waals surface area contributed by atoms with Gasteiger partial charge in [-0.1, -0.05) is 42.5 Å². The van der Waals surface area contributed by atoms with E-state index in [2.05, 4.69) is 10.3 Å². The highest BCUT2D eigenvalue weighted by atomic mass is 16.5. The lowest BCUT2D eigenvalue weighted by molar-refractivity contribution is -0.110. The van der Waals surface area contributed by atoms with E-state index in [4.69, 9.17) is 4.74 Å². The van der Waals surface area contributed by atoms with Crippen LogP contribution in [0, 0.1) is 0 Å². The van der Waals surface area contributed by atoms with Crippen molar-refractivity contribution in [2.75, 3.05) is 12.4 Å². The Balaban J connectivity index is 1.91. The fourth-order valence-corrected chi connectivity index (χ4v) is 3.05. The normalized spacial score (nSPS) is 14.5. The molecular weight excluding hydrogens is 300 g/mol. The van der Waals surface area contributed by atoms with Gasteiger partial charge in [0, 0.05) is 17.4 Å². The summed E-state index contributed by atoms with van der Waals surface area (Å²) in [6.45, 7) is 0. The Kier molecular flexibility index (Phi) is 3.43. The number of nitrogens with one attached hydrogen (secondary N) is 2. The van der Waals surface area contributed by atoms with E-state index in [1.165, 1.54) is 0 Å². The Morgan fingerprint density at radius 1 is 1.00 bits per heavy atom. The molecule has 0 unspecified atom stereocenters. The molecule has 1 aromatic heterocycles. The molecule has 1 aliphatic heterocycles. The standard InChI is InChI=1S/C20H16N2O2/c1-24-18-10-11-21-17(18)12-15-19-14(13-6-3-2-4-7-13)8-5-9-16(19)22-20(15)23/h2-12,21H,1H3,(H,22,23)/b15-12-. The Hall–Kier alpha value is -3.27. The molecule has 24 heavy (non-hydrogen) atoms. The van der Waals surface area contributed by atoms with E-state index >= 15 is 0 Å². The third-order valence-corrected chi connectivity index (χ3v) is 4.16. The summed E-state index contributed by atoms with van der Waals surface area (Å²) in [5, 5.41) is 2.95. The number of carbonyl (C=O) groups excluding carboxylic acids is 1. The Morgan fingerprint density at radius 2 is 1.83 bits per heavy atom. The van der Waals surface area contributed by atoms with Crippen LogP contribution in [0.2, 0.25) is 0 Å². The van der Waals surface area contributed by atoms with E-state index in [0.29, 0.717) is 11.3 Å². The van der Waals surface area contributed by atoms with Crippen LogP contribution >= 0.6 is 0 Å². The monoisotopic (exact) mass is 316 g/mol. The van der Waals surface area contributed by atoms with E-state index < -0.39 is 0 Å². The minimum absolute atomic E-state index is 0.106. The highest BCUT2D eigenvalue weighted by Gasteiger charge is 2.27. The first-order valence-electron chi connectivity index (χ1n) is 7.71. The molecule has 4 nitrogen and oxygen atoms in total. The Bertz CT molecular complexity index is 939. The number of H-pyrrole nitrogens is 1. The van der Waals surface area contributed by atoms with Crippen molar-refractivity contribution in [3.8, 4) is 16.9 Å². The zero-order chi connectivity index (χ0) is 16.5. The number of fused-ring (bicyclic) bond motifs is 1. The van der Waals surface area contributed by atoms with Gasteiger partial charge < -0.3 is 15.0 Å². The van der Waals surface area contributed by atoms with Gasteiger partial charge in [-0.25, -0.2) is 0 Å². The number of aromatic amines is 1. The second-order valence-electron chi connectivity index (χ2n) is 5.57. The number of anilines is 1. The SMILES string of the molecule is COc1cc[nH]c1/C=C1\C(=O)Nc2cccc(-c3ccccc3)c21. The number of ether oxygens (including phenoxy) is 1. The summed E-state index contributed by atoms with van der Waals surface area (Å²) in [6.07, 6.45) is 3.63. The van der Waals surface area contributed by atoms with Gasteiger partial charge in [0.05, 0.1) is 18.4 Å². The number of hydrogen-bond donors (Lipinski definition) is 2. The van der Waals surface area contributed by atoms with Gasteiger partial charge in [-0.05, 0) is 29.3 Å². The molecule has 3 aromatic rings. The average Bonchev–Trinajstić information content (AvgIpc) is 3.20. The van der Waals surface area contributed by atoms with Gasteiger partial charge in [-0.15, -0.1) is 0 Å². The van der Waals surface area contributed by atoms with Crippen molar-refractivity contribution in [2.24, 2.45) is 0 Å². The van der Waals surface area contributed by atoms with Crippen LogP contribution in [-0.4, -0.2) is 18.0 Å². The molecular formula is C20H16N2O2. The maximum Gasteiger partial charge on any atom is 0.256 e. The van der Waals surface area contributed by atoms with Crippen LogP contribution in [0.25, 0.3) is 22.8 Å². The number of amides is 1. The van der Waals surface area contributed by atoms with Crippen LogP contribution in [-0.2, 0) is 4.79 Å². The van der Waals surface area contributed by atoms with Crippen LogP contribution < -0.4 is 10.1 Å². The minimum atomic E-state index is -0.106. The topological polar surface area (TPSA) is 54.1 Å². The van der Waals surface area contributed by atoms with Crippen LogP contribution in [0.3, 0.4) is 0 Å². The molecule has 0 saturated heterocycles. The third kappa shape index (κ3) is 2.29. The van der Waals surface area contributed by atoms with E-state index in [-0.39, 0.29) is 5.91 Å². The molecule has 0 aliphatic carbocycles. The second-order valence-corrected chi connectivity index (χ2v) is 5.57. The summed E-state index contributed by atoms with van der Waals surface area (Å²) in [4.78, 5) is 15.6. The summed E-state index contributed by atoms with van der Waals surface area (Å²) in [5.74, 6) is 0.603. The molecule has 0 spiro atoms. The first-order valence-corrected chi connectivity index (χ1v) is 7.71. The molecule has 2 aromatic carbocycles. The summed E-state index contributed by atoms with van der Waals surface area (Å²) < 4.78 is 5.33. The zero-order valence-electron chi connectivity index (χ0n) is 13.2. The van der Waals surface area contributed by atoms with Gasteiger partial charge >= 0.3 is 0 Å². The minimum Gasteiger partial charge on any atom is -0.495 e. The molecule has 2 N–H and O–H groups in total. The van der Waals surface area contributed by atoms with Gasteiger partial charge in [0.1, 0.15) is 5.75 Å². The van der Waals surface area contributed by atoms with Gasteiger partial charge in [-0.2, -0.15) is 0 Å². The Morgan fingerprint density at radius 3 is 2.62 bits per heavy atom. The largest absolute Gasteiger partial charge is 0.495 e. The van der Waals surface area contributed by atoms with Crippen LogP contribution in [0.1, 0.15) is 11.3 Å². The lowest BCUT2D eigenvalue weighted by atomic mass is 9.94. The van der Waals surface area contributed by atoms with Crippen molar-refractivity contribution < 1.29 is 9.53 Å². The molecule has 0 saturated carbocycles. The number of rotatable bonds is 3. The van der Waals surface area contributed by atoms with Crippen molar-refractivity contribution in [1.29, 1.82) is 0 Å². The number of hydrogen-bond acceptors (Lipinski definition) is 2. The fraction of sp³-hybridized carbons (Fsp3) is 0.0500. The smallest absolute Gasteiger partial charge is 0.256 e. The molecule has 0 fully saturated rings. The van der Waals surface area contributed by atoms with E-state index in [0.717, 1.165) is 28.1 Å². The van der Waals surface area contributed by atoms with E-state index in [1.807, 2.05) is 60.7 Å². The summed E-state index contributed by atoms with van der Waals surface area (Å²) in [6, 6.07) is 17.8. The predicted molar refractivity (Wildman–Crippen MR) is 95.7 cm³/mol. The molecule has 0 atom stereocenters. The van der Waals surface area contributed by atoms with Crippen molar-refractivity contribution in [3.63, 3.8) is 0 Å². The maximum absolute atomic E-state index is 12.5. The van der Waals surface area contributed by atoms with Crippen molar-refractivity contribution in [2.45, 2.75) is 0 Å². The van der Waals surface area contributed by atoms with Gasteiger partial charge in [0.15, 0.2) is 0 Å². The molecule has 2 heterocycles. The van der Waals surface area contributed by atoms with Crippen molar-refractivity contribution in [1.82, 2.24) is 4.98 Å². The average molecular weight is 316 g/mol. The second kappa shape index (κ2) is 5.74.